The van der Waals surface area contributed by atoms with Crippen LogP contribution in [0.2, 0.25) is 0 Å². The van der Waals surface area contributed by atoms with Crippen molar-refractivity contribution in [3.63, 3.8) is 0 Å². The molecule has 0 aliphatic heterocycles. The first kappa shape index (κ1) is 22.9. The Morgan fingerprint density at radius 2 is 2.04 bits per heavy atom. The van der Waals surface area contributed by atoms with Crippen LogP contribution in [0.3, 0.4) is 0 Å². The zero-order chi connectivity index (χ0) is 20.5. The molecule has 1 aliphatic rings. The van der Waals surface area contributed by atoms with Gasteiger partial charge in [0.2, 0.25) is 0 Å². The van der Waals surface area contributed by atoms with Crippen molar-refractivity contribution >= 4 is 17.6 Å². The van der Waals surface area contributed by atoms with Crippen LogP contribution in [0.1, 0.15) is 75.0 Å². The molecule has 0 bridgehead atoms. The van der Waals surface area contributed by atoms with E-state index in [2.05, 4.69) is 23.8 Å². The fourth-order valence-electron chi connectivity index (χ4n) is 4.04. The van der Waals surface area contributed by atoms with Crippen LogP contribution in [0, 0.1) is 5.92 Å². The zero-order valence-corrected chi connectivity index (χ0v) is 17.6. The maximum Gasteiger partial charge on any atom is 0.305 e. The molecule has 2 N–H and O–H groups in total. The highest BCUT2D eigenvalue weighted by molar-refractivity contribution is 6.21. The highest BCUT2D eigenvalue weighted by Gasteiger charge is 2.41. The number of alkyl halides is 1. The number of methoxy groups -OCH3 is 1. The zero-order valence-electron chi connectivity index (χ0n) is 16.9. The minimum absolute atomic E-state index is 0.000382. The Morgan fingerprint density at radius 1 is 1.32 bits per heavy atom. The number of hydrogen-bond acceptors (Lipinski definition) is 4. The lowest BCUT2D eigenvalue weighted by Gasteiger charge is -2.23. The molecular formula is C23H33ClO4. The van der Waals surface area contributed by atoms with E-state index in [1.807, 2.05) is 24.3 Å². The van der Waals surface area contributed by atoms with Crippen LogP contribution in [0.25, 0.3) is 0 Å². The van der Waals surface area contributed by atoms with Gasteiger partial charge in [0.1, 0.15) is 0 Å². The van der Waals surface area contributed by atoms with E-state index in [0.29, 0.717) is 12.8 Å². The Bertz CT molecular complexity index is 628. The summed E-state index contributed by atoms with van der Waals surface area (Å²) in [5, 5.41) is 20.7. The molecule has 1 aliphatic carbocycles. The van der Waals surface area contributed by atoms with Gasteiger partial charge in [-0.3, -0.25) is 4.79 Å². The molecule has 1 aromatic carbocycles. The average Bonchev–Trinajstić information content (AvgIpc) is 2.97. The number of aliphatic hydroxyl groups excluding tert-OH is 2. The fraction of sp³-hybridized carbons (Fsp3) is 0.609. The second kappa shape index (κ2) is 11.6. The molecule has 1 saturated carbocycles. The highest BCUT2D eigenvalue weighted by atomic mass is 35.5. The Labute approximate surface area is 173 Å². The number of unbranched alkanes of at least 4 members (excludes halogenated alkanes) is 1. The first-order valence-electron chi connectivity index (χ1n) is 10.3. The van der Waals surface area contributed by atoms with Gasteiger partial charge in [-0.25, -0.2) is 0 Å². The summed E-state index contributed by atoms with van der Waals surface area (Å²) in [5.41, 5.74) is 2.00. The summed E-state index contributed by atoms with van der Waals surface area (Å²) in [4.78, 5) is 11.1. The van der Waals surface area contributed by atoms with E-state index in [4.69, 9.17) is 11.6 Å². The summed E-state index contributed by atoms with van der Waals surface area (Å²) in [5.74, 6) is -0.0137. The van der Waals surface area contributed by atoms with Crippen LogP contribution in [-0.4, -0.2) is 34.8 Å². The topological polar surface area (TPSA) is 66.8 Å². The van der Waals surface area contributed by atoms with E-state index in [1.54, 1.807) is 0 Å². The monoisotopic (exact) mass is 408 g/mol. The highest BCUT2D eigenvalue weighted by Crippen LogP contribution is 2.44. The maximum atomic E-state index is 11.1. The van der Waals surface area contributed by atoms with E-state index < -0.39 is 12.2 Å². The quantitative estimate of drug-likeness (QED) is 0.250. The number of rotatable bonds is 10. The van der Waals surface area contributed by atoms with Crippen molar-refractivity contribution in [2.45, 2.75) is 75.4 Å². The molecule has 2 rings (SSSR count). The van der Waals surface area contributed by atoms with Crippen LogP contribution >= 0.6 is 11.6 Å². The predicted molar refractivity (Wildman–Crippen MR) is 112 cm³/mol. The minimum atomic E-state index is -0.452. The van der Waals surface area contributed by atoms with Crippen LogP contribution < -0.4 is 0 Å². The molecule has 0 spiro atoms. The van der Waals surface area contributed by atoms with Crippen molar-refractivity contribution in [1.82, 2.24) is 0 Å². The third kappa shape index (κ3) is 6.33. The molecule has 28 heavy (non-hydrogen) atoms. The van der Waals surface area contributed by atoms with Gasteiger partial charge < -0.3 is 14.9 Å². The van der Waals surface area contributed by atoms with E-state index in [1.165, 1.54) is 7.11 Å². The lowest BCUT2D eigenvalue weighted by Crippen LogP contribution is -2.18. The number of carbonyl (C=O) groups excluding carboxylic acids is 1. The largest absolute Gasteiger partial charge is 0.469 e. The number of halogens is 1. The Morgan fingerprint density at radius 3 is 2.68 bits per heavy atom. The third-order valence-electron chi connectivity index (χ3n) is 5.63. The molecule has 0 heterocycles. The van der Waals surface area contributed by atoms with Crippen molar-refractivity contribution in [2.75, 3.05) is 7.11 Å². The first-order chi connectivity index (χ1) is 13.5. The predicted octanol–water partition coefficient (Wildman–Crippen LogP) is 4.88. The van der Waals surface area contributed by atoms with Crippen molar-refractivity contribution in [2.24, 2.45) is 5.92 Å². The first-order valence-corrected chi connectivity index (χ1v) is 10.7. The summed E-state index contributed by atoms with van der Waals surface area (Å²) < 4.78 is 4.64. The normalized spacial score (nSPS) is 25.9. The molecule has 4 nitrogen and oxygen atoms in total. The van der Waals surface area contributed by atoms with Gasteiger partial charge >= 0.3 is 5.97 Å². The van der Waals surface area contributed by atoms with Gasteiger partial charge in [0.05, 0.1) is 19.3 Å². The van der Waals surface area contributed by atoms with Crippen LogP contribution in [-0.2, 0) is 9.53 Å². The number of aliphatic hydroxyl groups is 2. The van der Waals surface area contributed by atoms with Crippen LogP contribution in [0.15, 0.2) is 36.4 Å². The van der Waals surface area contributed by atoms with Gasteiger partial charge in [0, 0.05) is 17.7 Å². The molecule has 0 radical (unpaired) electrons. The Balaban J connectivity index is 1.96. The molecule has 5 heteroatoms. The Kier molecular flexibility index (Phi) is 9.49. The molecule has 0 aromatic heterocycles. The van der Waals surface area contributed by atoms with E-state index in [9.17, 15) is 15.0 Å². The smallest absolute Gasteiger partial charge is 0.305 e. The standard InChI is InChI=1S/C23H33ClO4/c1-3-8-20(25)16-11-13-17(14-12-16)23-18(19(24)15-21(23)26)9-6-4-5-7-10-22(27)28-2/h4,6,11-14,18-21,23,25-26H,3,5,7-10,15H2,1-2H3/b6-4-/t18-,19+,20?,21+,23+/m0/s1. The summed E-state index contributed by atoms with van der Waals surface area (Å²) >= 11 is 6.55. The summed E-state index contributed by atoms with van der Waals surface area (Å²) in [6.07, 6.45) is 8.41. The number of ether oxygens (including phenoxy) is 1. The van der Waals surface area contributed by atoms with E-state index in [-0.39, 0.29) is 23.2 Å². The molecule has 156 valence electrons. The molecule has 1 fully saturated rings. The molecule has 1 aromatic rings. The van der Waals surface area contributed by atoms with Crippen molar-refractivity contribution in [3.8, 4) is 0 Å². The van der Waals surface area contributed by atoms with Gasteiger partial charge in [-0.2, -0.15) is 0 Å². The van der Waals surface area contributed by atoms with Gasteiger partial charge in [-0.15, -0.1) is 11.6 Å². The second-order valence-corrected chi connectivity index (χ2v) is 8.22. The second-order valence-electron chi connectivity index (χ2n) is 7.66. The number of hydrogen-bond donors (Lipinski definition) is 2. The summed E-state index contributed by atoms with van der Waals surface area (Å²) in [7, 11) is 1.40. The summed E-state index contributed by atoms with van der Waals surface area (Å²) in [6.45, 7) is 2.06. The average molecular weight is 409 g/mol. The Hall–Kier alpha value is -1.36. The number of benzene rings is 1. The SMILES string of the molecule is CCCC(O)c1ccc([C@@H]2[C@@H](C/C=C\CCCC(=O)OC)[C@H](Cl)C[C@H]2O)cc1. The van der Waals surface area contributed by atoms with Crippen LogP contribution in [0.5, 0.6) is 0 Å². The van der Waals surface area contributed by atoms with E-state index in [0.717, 1.165) is 43.2 Å². The maximum absolute atomic E-state index is 11.1. The van der Waals surface area contributed by atoms with Gasteiger partial charge in [0.25, 0.3) is 0 Å². The number of esters is 1. The minimum Gasteiger partial charge on any atom is -0.469 e. The molecular weight excluding hydrogens is 376 g/mol. The number of carbonyl (C=O) groups is 1. The van der Waals surface area contributed by atoms with Gasteiger partial charge in [-0.1, -0.05) is 49.8 Å². The lowest BCUT2D eigenvalue weighted by molar-refractivity contribution is -0.140. The number of allylic oxidation sites excluding steroid dienone is 2. The third-order valence-corrected chi connectivity index (χ3v) is 6.13. The molecule has 0 saturated heterocycles. The van der Waals surface area contributed by atoms with E-state index >= 15 is 0 Å². The molecule has 1 unspecified atom stereocenters. The van der Waals surface area contributed by atoms with Gasteiger partial charge in [-0.05, 0) is 49.1 Å². The summed E-state index contributed by atoms with van der Waals surface area (Å²) in [6, 6.07) is 7.96. The van der Waals surface area contributed by atoms with Crippen LogP contribution in [0.4, 0.5) is 0 Å². The van der Waals surface area contributed by atoms with Gasteiger partial charge in [0.15, 0.2) is 0 Å². The fourth-order valence-corrected chi connectivity index (χ4v) is 4.49. The van der Waals surface area contributed by atoms with Crippen molar-refractivity contribution < 1.29 is 19.7 Å². The van der Waals surface area contributed by atoms with Crippen molar-refractivity contribution in [3.05, 3.63) is 47.5 Å². The van der Waals surface area contributed by atoms with Crippen molar-refractivity contribution in [1.29, 1.82) is 0 Å². The molecule has 0 amide bonds. The molecule has 5 atom stereocenters. The lowest BCUT2D eigenvalue weighted by atomic mass is 9.84.